The Labute approximate surface area is 190 Å². The van der Waals surface area contributed by atoms with Gasteiger partial charge in [-0.15, -0.1) is 11.8 Å². The molecule has 0 bridgehead atoms. The molecule has 2 aliphatic rings. The van der Waals surface area contributed by atoms with Gasteiger partial charge in [0.05, 0.1) is 23.5 Å². The molecule has 0 aliphatic carbocycles. The largest absolute Gasteiger partial charge is 0.444 e. The van der Waals surface area contributed by atoms with Gasteiger partial charge < -0.3 is 15.4 Å². The molecule has 2 aromatic carbocycles. The third-order valence-electron chi connectivity index (χ3n) is 5.71. The Morgan fingerprint density at radius 2 is 2.12 bits per heavy atom. The van der Waals surface area contributed by atoms with Gasteiger partial charge in [0, 0.05) is 28.7 Å². The van der Waals surface area contributed by atoms with Crippen LogP contribution in [0.15, 0.2) is 59.6 Å². The summed E-state index contributed by atoms with van der Waals surface area (Å²) in [7, 11) is 0. The number of carbonyl (C=O) groups is 2. The SMILES string of the molecule is O=C1CSc2ccc(N3CC(CCCNCc4cccc5ncccc45)OC3=O)cc2N1. The number of hydrogen-bond donors (Lipinski definition) is 2. The van der Waals surface area contributed by atoms with Crippen LogP contribution in [0.5, 0.6) is 0 Å². The molecular formula is C24H24N4O3S. The zero-order chi connectivity index (χ0) is 21.9. The molecule has 2 N–H and O–H groups in total. The van der Waals surface area contributed by atoms with Crippen molar-refractivity contribution >= 4 is 46.0 Å². The number of cyclic esters (lactones) is 1. The van der Waals surface area contributed by atoms with E-state index in [2.05, 4.69) is 27.8 Å². The minimum Gasteiger partial charge on any atom is -0.444 e. The number of aromatic nitrogens is 1. The van der Waals surface area contributed by atoms with E-state index in [1.807, 2.05) is 42.6 Å². The molecule has 2 amide bonds. The molecule has 8 heteroatoms. The summed E-state index contributed by atoms with van der Waals surface area (Å²) in [4.78, 5) is 31.1. The van der Waals surface area contributed by atoms with E-state index >= 15 is 0 Å². The summed E-state index contributed by atoms with van der Waals surface area (Å²) in [6.45, 7) is 2.14. The number of nitrogens with one attached hydrogen (secondary N) is 2. The maximum atomic E-state index is 12.4. The fraction of sp³-hybridized carbons (Fsp3) is 0.292. The lowest BCUT2D eigenvalue weighted by molar-refractivity contribution is -0.113. The zero-order valence-corrected chi connectivity index (χ0v) is 18.4. The predicted octanol–water partition coefficient (Wildman–Crippen LogP) is 4.17. The smallest absolute Gasteiger partial charge is 0.414 e. The van der Waals surface area contributed by atoms with Gasteiger partial charge in [-0.25, -0.2) is 4.79 Å². The van der Waals surface area contributed by atoms with Gasteiger partial charge in [0.2, 0.25) is 5.91 Å². The number of benzene rings is 2. The lowest BCUT2D eigenvalue weighted by Gasteiger charge is -2.20. The number of rotatable bonds is 7. The van der Waals surface area contributed by atoms with Crippen molar-refractivity contribution in [1.82, 2.24) is 10.3 Å². The lowest BCUT2D eigenvalue weighted by atomic mass is 10.1. The van der Waals surface area contributed by atoms with Crippen molar-refractivity contribution in [2.45, 2.75) is 30.4 Å². The number of nitrogens with zero attached hydrogens (tertiary/aromatic N) is 2. The second-order valence-electron chi connectivity index (χ2n) is 7.94. The zero-order valence-electron chi connectivity index (χ0n) is 17.5. The Kier molecular flexibility index (Phi) is 5.96. The Hall–Kier alpha value is -3.10. The van der Waals surface area contributed by atoms with Crippen LogP contribution in [-0.4, -0.2) is 41.9 Å². The third-order valence-corrected chi connectivity index (χ3v) is 6.79. The second kappa shape index (κ2) is 9.18. The Morgan fingerprint density at radius 3 is 3.06 bits per heavy atom. The summed E-state index contributed by atoms with van der Waals surface area (Å²) in [6, 6.07) is 15.9. The predicted molar refractivity (Wildman–Crippen MR) is 126 cm³/mol. The molecule has 3 aromatic rings. The topological polar surface area (TPSA) is 83.6 Å². The van der Waals surface area contributed by atoms with E-state index in [1.165, 1.54) is 22.7 Å². The van der Waals surface area contributed by atoms with Gasteiger partial charge in [-0.05, 0) is 55.3 Å². The second-order valence-corrected chi connectivity index (χ2v) is 8.96. The van der Waals surface area contributed by atoms with Crippen molar-refractivity contribution in [3.63, 3.8) is 0 Å². The number of hydrogen-bond acceptors (Lipinski definition) is 6. The summed E-state index contributed by atoms with van der Waals surface area (Å²) >= 11 is 1.51. The van der Waals surface area contributed by atoms with Gasteiger partial charge in [0.1, 0.15) is 6.10 Å². The molecular weight excluding hydrogens is 424 g/mol. The maximum absolute atomic E-state index is 12.4. The van der Waals surface area contributed by atoms with Crippen LogP contribution in [0.25, 0.3) is 10.9 Å². The average Bonchev–Trinajstić information content (AvgIpc) is 3.18. The van der Waals surface area contributed by atoms with Crippen LogP contribution in [0, 0.1) is 0 Å². The number of ether oxygens (including phenoxy) is 1. The summed E-state index contributed by atoms with van der Waals surface area (Å²) in [6.07, 6.45) is 3.05. The average molecular weight is 449 g/mol. The lowest BCUT2D eigenvalue weighted by Crippen LogP contribution is -2.25. The summed E-state index contributed by atoms with van der Waals surface area (Å²) in [5, 5.41) is 7.53. The van der Waals surface area contributed by atoms with E-state index in [4.69, 9.17) is 4.74 Å². The van der Waals surface area contributed by atoms with Crippen LogP contribution in [-0.2, 0) is 16.1 Å². The van der Waals surface area contributed by atoms with Crippen molar-refractivity contribution < 1.29 is 14.3 Å². The summed E-state index contributed by atoms with van der Waals surface area (Å²) in [5.74, 6) is 0.403. The molecule has 1 unspecified atom stereocenters. The Balaban J connectivity index is 1.11. The number of pyridine rings is 1. The molecule has 0 saturated carbocycles. The Bertz CT molecular complexity index is 1160. The first-order valence-electron chi connectivity index (χ1n) is 10.8. The first-order chi connectivity index (χ1) is 15.7. The highest BCUT2D eigenvalue weighted by molar-refractivity contribution is 8.00. The van der Waals surface area contributed by atoms with Crippen LogP contribution < -0.4 is 15.5 Å². The van der Waals surface area contributed by atoms with Crippen molar-refractivity contribution in [3.05, 3.63) is 60.3 Å². The quantitative estimate of drug-likeness (QED) is 0.528. The number of amides is 2. The van der Waals surface area contributed by atoms with Gasteiger partial charge in [-0.2, -0.15) is 0 Å². The summed E-state index contributed by atoms with van der Waals surface area (Å²) < 4.78 is 5.57. The standard InChI is InChI=1S/C24H24N4O3S/c29-23-15-32-22-9-8-17(12-21(22)27-23)28-14-18(31-24(28)30)5-2-10-25-13-16-4-1-7-20-19(16)6-3-11-26-20/h1,3-4,6-9,11-12,18,25H,2,5,10,13-15H2,(H,27,29). The number of thioether (sulfide) groups is 1. The van der Waals surface area contributed by atoms with Crippen LogP contribution in [0.1, 0.15) is 18.4 Å². The van der Waals surface area contributed by atoms with Gasteiger partial charge >= 0.3 is 6.09 Å². The maximum Gasteiger partial charge on any atom is 0.414 e. The highest BCUT2D eigenvalue weighted by Crippen LogP contribution is 2.35. The molecule has 1 fully saturated rings. The number of anilines is 2. The highest BCUT2D eigenvalue weighted by atomic mass is 32.2. The Morgan fingerprint density at radius 1 is 1.19 bits per heavy atom. The minimum absolute atomic E-state index is 0.0196. The first kappa shape index (κ1) is 20.8. The molecule has 0 radical (unpaired) electrons. The van der Waals surface area contributed by atoms with E-state index < -0.39 is 0 Å². The van der Waals surface area contributed by atoms with E-state index in [0.717, 1.165) is 47.7 Å². The van der Waals surface area contributed by atoms with E-state index in [-0.39, 0.29) is 18.1 Å². The van der Waals surface area contributed by atoms with Crippen LogP contribution in [0.3, 0.4) is 0 Å². The summed E-state index contributed by atoms with van der Waals surface area (Å²) in [5.41, 5.74) is 3.74. The number of fused-ring (bicyclic) bond motifs is 2. The molecule has 5 rings (SSSR count). The molecule has 1 saturated heterocycles. The van der Waals surface area contributed by atoms with E-state index in [9.17, 15) is 9.59 Å². The number of carbonyl (C=O) groups excluding carboxylic acids is 2. The van der Waals surface area contributed by atoms with Gasteiger partial charge in [-0.1, -0.05) is 18.2 Å². The van der Waals surface area contributed by atoms with Crippen LogP contribution in [0.4, 0.5) is 16.2 Å². The van der Waals surface area contributed by atoms with Gasteiger partial charge in [0.25, 0.3) is 0 Å². The van der Waals surface area contributed by atoms with Gasteiger partial charge in [-0.3, -0.25) is 14.7 Å². The van der Waals surface area contributed by atoms with Crippen molar-refractivity contribution in [3.8, 4) is 0 Å². The van der Waals surface area contributed by atoms with Crippen molar-refractivity contribution in [2.75, 3.05) is 29.1 Å². The van der Waals surface area contributed by atoms with Crippen LogP contribution in [0.2, 0.25) is 0 Å². The van der Waals surface area contributed by atoms with Gasteiger partial charge in [0.15, 0.2) is 0 Å². The normalized spacial score (nSPS) is 17.9. The molecule has 3 heterocycles. The molecule has 1 atom stereocenters. The minimum atomic E-state index is -0.332. The molecule has 0 spiro atoms. The molecule has 7 nitrogen and oxygen atoms in total. The molecule has 164 valence electrons. The van der Waals surface area contributed by atoms with Crippen LogP contribution >= 0.6 is 11.8 Å². The first-order valence-corrected chi connectivity index (χ1v) is 11.7. The fourth-order valence-electron chi connectivity index (χ4n) is 4.12. The fourth-order valence-corrected chi connectivity index (χ4v) is 4.91. The van der Waals surface area contributed by atoms with Crippen molar-refractivity contribution in [2.24, 2.45) is 0 Å². The molecule has 32 heavy (non-hydrogen) atoms. The molecule has 1 aromatic heterocycles. The van der Waals surface area contributed by atoms with E-state index in [0.29, 0.717) is 12.3 Å². The third kappa shape index (κ3) is 4.42. The highest BCUT2D eigenvalue weighted by Gasteiger charge is 2.32. The monoisotopic (exact) mass is 448 g/mol. The molecule has 2 aliphatic heterocycles. The van der Waals surface area contributed by atoms with E-state index in [1.54, 1.807) is 4.90 Å². The van der Waals surface area contributed by atoms with Crippen molar-refractivity contribution in [1.29, 1.82) is 0 Å².